The molecule has 0 radical (unpaired) electrons. The fourth-order valence-electron chi connectivity index (χ4n) is 2.16. The summed E-state index contributed by atoms with van der Waals surface area (Å²) in [4.78, 5) is 37.2. The van der Waals surface area contributed by atoms with Crippen LogP contribution in [0.5, 0.6) is 0 Å². The molecule has 2 heterocycles. The van der Waals surface area contributed by atoms with Gasteiger partial charge in [-0.2, -0.15) is 0 Å². The van der Waals surface area contributed by atoms with Gasteiger partial charge in [-0.3, -0.25) is 9.59 Å². The van der Waals surface area contributed by atoms with Gasteiger partial charge in [0.15, 0.2) is 4.67 Å². The quantitative estimate of drug-likeness (QED) is 0.531. The number of urea groups is 1. The molecule has 25 heavy (non-hydrogen) atoms. The molecule has 1 fully saturated rings. The fraction of sp³-hybridized carbons (Fsp3) is 0.0625. The van der Waals surface area contributed by atoms with Gasteiger partial charge in [-0.05, 0) is 50.1 Å². The number of anilines is 1. The normalized spacial score (nSPS) is 15.6. The van der Waals surface area contributed by atoms with Crippen LogP contribution in [0.15, 0.2) is 55.7 Å². The summed E-state index contributed by atoms with van der Waals surface area (Å²) in [6.07, 6.45) is 1.39. The van der Waals surface area contributed by atoms with Crippen LogP contribution in [0, 0.1) is 0 Å². The van der Waals surface area contributed by atoms with Crippen molar-refractivity contribution in [2.75, 3.05) is 11.9 Å². The van der Waals surface area contributed by atoms with E-state index in [9.17, 15) is 14.4 Å². The minimum absolute atomic E-state index is 0.0336. The second-order valence-corrected chi connectivity index (χ2v) is 6.64. The first-order valence-electron chi connectivity index (χ1n) is 7.08. The lowest BCUT2D eigenvalue weighted by molar-refractivity contribution is -0.127. The largest absolute Gasteiger partial charge is 0.449 e. The smallest absolute Gasteiger partial charge is 0.329 e. The van der Waals surface area contributed by atoms with Crippen molar-refractivity contribution in [2.24, 2.45) is 0 Å². The summed E-state index contributed by atoms with van der Waals surface area (Å²) in [6.45, 7) is -0.386. The Hall–Kier alpha value is -2.39. The first-order valence-corrected chi connectivity index (χ1v) is 8.67. The average molecular weight is 469 g/mol. The molecule has 1 aromatic carbocycles. The maximum absolute atomic E-state index is 12.3. The minimum atomic E-state index is -0.663. The van der Waals surface area contributed by atoms with E-state index >= 15 is 0 Å². The van der Waals surface area contributed by atoms with E-state index in [1.807, 2.05) is 6.07 Å². The zero-order chi connectivity index (χ0) is 18.0. The van der Waals surface area contributed by atoms with Gasteiger partial charge >= 0.3 is 6.03 Å². The first-order chi connectivity index (χ1) is 11.9. The molecule has 1 aromatic heterocycles. The van der Waals surface area contributed by atoms with Crippen molar-refractivity contribution in [3.63, 3.8) is 0 Å². The van der Waals surface area contributed by atoms with Gasteiger partial charge in [0.25, 0.3) is 5.91 Å². The molecule has 0 atom stereocenters. The van der Waals surface area contributed by atoms with E-state index in [0.29, 0.717) is 20.6 Å². The van der Waals surface area contributed by atoms with Crippen molar-refractivity contribution in [1.29, 1.82) is 0 Å². The highest BCUT2D eigenvalue weighted by Gasteiger charge is 2.35. The monoisotopic (exact) mass is 467 g/mol. The molecule has 0 bridgehead atoms. The Morgan fingerprint density at radius 1 is 1.24 bits per heavy atom. The van der Waals surface area contributed by atoms with E-state index in [4.69, 9.17) is 4.42 Å². The molecule has 2 aromatic rings. The van der Waals surface area contributed by atoms with E-state index in [-0.39, 0.29) is 12.2 Å². The maximum Gasteiger partial charge on any atom is 0.329 e. The van der Waals surface area contributed by atoms with Crippen molar-refractivity contribution >= 4 is 61.5 Å². The molecule has 0 saturated carbocycles. The minimum Gasteiger partial charge on any atom is -0.449 e. The molecule has 9 heteroatoms. The van der Waals surface area contributed by atoms with Crippen molar-refractivity contribution in [3.05, 3.63) is 57.0 Å². The van der Waals surface area contributed by atoms with Gasteiger partial charge in [-0.25, -0.2) is 9.69 Å². The van der Waals surface area contributed by atoms with Gasteiger partial charge in [0.05, 0.1) is 4.47 Å². The van der Waals surface area contributed by atoms with Crippen LogP contribution in [-0.2, 0) is 9.59 Å². The Balaban J connectivity index is 1.70. The van der Waals surface area contributed by atoms with E-state index < -0.39 is 17.8 Å². The molecule has 2 N–H and O–H groups in total. The van der Waals surface area contributed by atoms with Gasteiger partial charge in [0.2, 0.25) is 5.91 Å². The van der Waals surface area contributed by atoms with Crippen molar-refractivity contribution < 1.29 is 18.8 Å². The number of amides is 4. The second kappa shape index (κ2) is 7.24. The van der Waals surface area contributed by atoms with Crippen LogP contribution in [0.3, 0.4) is 0 Å². The highest BCUT2D eigenvalue weighted by molar-refractivity contribution is 9.13. The number of nitrogens with one attached hydrogen (secondary N) is 2. The molecular weight excluding hydrogens is 458 g/mol. The summed E-state index contributed by atoms with van der Waals surface area (Å²) in [5, 5.41) is 5.05. The third-order valence-electron chi connectivity index (χ3n) is 3.27. The van der Waals surface area contributed by atoms with Gasteiger partial charge in [0, 0.05) is 11.8 Å². The van der Waals surface area contributed by atoms with Crippen LogP contribution in [0.4, 0.5) is 10.5 Å². The number of hydrogen-bond acceptors (Lipinski definition) is 4. The Morgan fingerprint density at radius 3 is 2.60 bits per heavy atom. The Kier molecular flexibility index (Phi) is 5.05. The van der Waals surface area contributed by atoms with Crippen LogP contribution < -0.4 is 10.6 Å². The fourth-order valence-corrected chi connectivity index (χ4v) is 2.77. The summed E-state index contributed by atoms with van der Waals surface area (Å²) < 4.78 is 6.49. The summed E-state index contributed by atoms with van der Waals surface area (Å²) >= 11 is 6.45. The topological polar surface area (TPSA) is 91.7 Å². The molecule has 1 aliphatic heterocycles. The van der Waals surface area contributed by atoms with Crippen LogP contribution in [0.1, 0.15) is 5.76 Å². The molecule has 1 saturated heterocycles. The van der Waals surface area contributed by atoms with E-state index in [1.165, 1.54) is 6.08 Å². The number of furan rings is 1. The first kappa shape index (κ1) is 17.4. The third kappa shape index (κ3) is 3.99. The molecule has 128 valence electrons. The molecule has 7 nitrogen and oxygen atoms in total. The third-order valence-corrected chi connectivity index (χ3v) is 4.98. The number of imide groups is 1. The maximum atomic E-state index is 12.3. The predicted octanol–water partition coefficient (Wildman–Crippen LogP) is 3.34. The Labute approximate surface area is 159 Å². The van der Waals surface area contributed by atoms with Gasteiger partial charge in [-0.1, -0.05) is 18.2 Å². The van der Waals surface area contributed by atoms with Crippen LogP contribution in [0.2, 0.25) is 0 Å². The molecule has 4 amide bonds. The average Bonchev–Trinajstić information content (AvgIpc) is 3.02. The number of halogens is 2. The second-order valence-electron chi connectivity index (χ2n) is 5.06. The highest BCUT2D eigenvalue weighted by atomic mass is 79.9. The summed E-state index contributed by atoms with van der Waals surface area (Å²) in [7, 11) is 0. The summed E-state index contributed by atoms with van der Waals surface area (Å²) in [6, 6.07) is 9.75. The molecule has 0 aliphatic carbocycles. The molecule has 0 unspecified atom stereocenters. The zero-order valence-electron chi connectivity index (χ0n) is 12.6. The lowest BCUT2D eigenvalue weighted by Crippen LogP contribution is -2.38. The number of rotatable bonds is 4. The summed E-state index contributed by atoms with van der Waals surface area (Å²) in [5.74, 6) is -0.700. The SMILES string of the molecule is O=C(CN1C(=O)N/C(=C\c2cc(Br)c(Br)o2)C1=O)Nc1ccccc1. The number of carbonyl (C=O) groups is 3. The lowest BCUT2D eigenvalue weighted by atomic mass is 10.3. The zero-order valence-corrected chi connectivity index (χ0v) is 15.8. The molecule has 3 rings (SSSR count). The highest BCUT2D eigenvalue weighted by Crippen LogP contribution is 2.28. The molecule has 0 spiro atoms. The number of para-hydroxylation sites is 1. The number of nitrogens with zero attached hydrogens (tertiary/aromatic N) is 1. The number of carbonyl (C=O) groups excluding carboxylic acids is 3. The lowest BCUT2D eigenvalue weighted by Gasteiger charge is -2.11. The van der Waals surface area contributed by atoms with Crippen molar-refractivity contribution in [1.82, 2.24) is 10.2 Å². The van der Waals surface area contributed by atoms with Crippen LogP contribution in [0.25, 0.3) is 6.08 Å². The van der Waals surface area contributed by atoms with E-state index in [2.05, 4.69) is 42.5 Å². The van der Waals surface area contributed by atoms with Crippen molar-refractivity contribution in [3.8, 4) is 0 Å². The molecular formula is C16H11Br2N3O4. The Morgan fingerprint density at radius 2 is 1.96 bits per heavy atom. The van der Waals surface area contributed by atoms with E-state index in [1.54, 1.807) is 30.3 Å². The molecule has 1 aliphatic rings. The number of hydrogen-bond donors (Lipinski definition) is 2. The van der Waals surface area contributed by atoms with Gasteiger partial charge in [0.1, 0.15) is 18.0 Å². The van der Waals surface area contributed by atoms with Gasteiger partial charge in [-0.15, -0.1) is 0 Å². The van der Waals surface area contributed by atoms with Gasteiger partial charge < -0.3 is 15.1 Å². The van der Waals surface area contributed by atoms with Crippen LogP contribution >= 0.6 is 31.9 Å². The standard InChI is InChI=1S/C16H11Br2N3O4/c17-11-6-10(25-14(11)18)7-12-15(23)21(16(24)20-12)8-13(22)19-9-4-2-1-3-5-9/h1-7H,8H2,(H,19,22)(H,20,24)/b12-7-. The summed E-state index contributed by atoms with van der Waals surface area (Å²) in [5.41, 5.74) is 0.617. The van der Waals surface area contributed by atoms with Crippen molar-refractivity contribution in [2.45, 2.75) is 0 Å². The number of benzene rings is 1. The predicted molar refractivity (Wildman–Crippen MR) is 97.4 cm³/mol. The Bertz CT molecular complexity index is 857. The van der Waals surface area contributed by atoms with Crippen LogP contribution in [-0.4, -0.2) is 29.3 Å². The van der Waals surface area contributed by atoms with E-state index in [0.717, 1.165) is 4.90 Å².